The minimum atomic E-state index is -4.37. The number of aromatic nitrogens is 3. The second-order valence-electron chi connectivity index (χ2n) is 6.33. The summed E-state index contributed by atoms with van der Waals surface area (Å²) in [4.78, 5) is 16.5. The Morgan fingerprint density at radius 2 is 2.03 bits per heavy atom. The van der Waals surface area contributed by atoms with Crippen LogP contribution in [0, 0.1) is 0 Å². The molecular formula is C19H18N4O7S. The van der Waals surface area contributed by atoms with Crippen LogP contribution in [0.3, 0.4) is 0 Å². The number of ether oxygens (including phenoxy) is 4. The molecule has 2 aromatic heterocycles. The van der Waals surface area contributed by atoms with E-state index in [9.17, 15) is 13.2 Å². The van der Waals surface area contributed by atoms with E-state index < -0.39 is 15.9 Å². The van der Waals surface area contributed by atoms with Gasteiger partial charge in [-0.3, -0.25) is 9.48 Å². The molecule has 1 N–H and O–H groups in total. The Labute approximate surface area is 177 Å². The summed E-state index contributed by atoms with van der Waals surface area (Å²) in [6.07, 6.45) is 3.40. The standard InChI is InChI=1S/C19H18N4O7S/c1-27-15-7-6-14-16(30-11-29-14)17(15)31(25,26)22-18(24)13-5-4-12(19(21-13)28-2)10-23-9-3-8-20-23/h3-9H,10-11H2,1-2H3,(H,22,24). The lowest BCUT2D eigenvalue weighted by atomic mass is 10.2. The van der Waals surface area contributed by atoms with E-state index in [1.807, 2.05) is 4.72 Å². The lowest BCUT2D eigenvalue weighted by molar-refractivity contribution is 0.0975. The number of rotatable bonds is 7. The highest BCUT2D eigenvalue weighted by atomic mass is 32.2. The quantitative estimate of drug-likeness (QED) is 0.568. The van der Waals surface area contributed by atoms with Gasteiger partial charge in [0.15, 0.2) is 16.4 Å². The Balaban J connectivity index is 1.62. The Morgan fingerprint density at radius 3 is 2.74 bits per heavy atom. The van der Waals surface area contributed by atoms with E-state index in [0.29, 0.717) is 12.1 Å². The van der Waals surface area contributed by atoms with Gasteiger partial charge in [-0.05, 0) is 30.3 Å². The average molecular weight is 446 g/mol. The predicted molar refractivity (Wildman–Crippen MR) is 106 cm³/mol. The Bertz CT molecular complexity index is 1230. The normalized spacial score (nSPS) is 12.5. The molecule has 0 atom stereocenters. The van der Waals surface area contributed by atoms with Crippen molar-refractivity contribution in [3.8, 4) is 23.1 Å². The molecular weight excluding hydrogens is 428 g/mol. The molecule has 1 aromatic carbocycles. The first-order valence-corrected chi connectivity index (χ1v) is 10.5. The van der Waals surface area contributed by atoms with Crippen LogP contribution in [0.5, 0.6) is 23.1 Å². The maximum atomic E-state index is 13.0. The third kappa shape index (κ3) is 3.97. The summed E-state index contributed by atoms with van der Waals surface area (Å²) in [5.74, 6) is -0.557. The summed E-state index contributed by atoms with van der Waals surface area (Å²) < 4.78 is 50.5. The van der Waals surface area contributed by atoms with Crippen molar-refractivity contribution < 1.29 is 32.2 Å². The third-order valence-corrected chi connectivity index (χ3v) is 5.81. The van der Waals surface area contributed by atoms with Crippen LogP contribution in [0.1, 0.15) is 16.1 Å². The van der Waals surface area contributed by atoms with Crippen LogP contribution in [-0.4, -0.2) is 50.1 Å². The van der Waals surface area contributed by atoms with Crippen LogP contribution < -0.4 is 23.7 Å². The fourth-order valence-corrected chi connectivity index (χ4v) is 4.30. The van der Waals surface area contributed by atoms with Crippen molar-refractivity contribution in [2.24, 2.45) is 0 Å². The Kier molecular flexibility index (Phi) is 5.38. The van der Waals surface area contributed by atoms with Crippen LogP contribution in [-0.2, 0) is 16.6 Å². The molecule has 3 aromatic rings. The van der Waals surface area contributed by atoms with Gasteiger partial charge in [-0.15, -0.1) is 0 Å². The van der Waals surface area contributed by atoms with Gasteiger partial charge in [0, 0.05) is 18.0 Å². The second-order valence-corrected chi connectivity index (χ2v) is 7.95. The van der Waals surface area contributed by atoms with E-state index in [0.717, 1.165) is 0 Å². The van der Waals surface area contributed by atoms with Crippen molar-refractivity contribution in [3.05, 3.63) is 54.0 Å². The molecule has 1 aliphatic heterocycles. The highest BCUT2D eigenvalue weighted by Crippen LogP contribution is 2.43. The number of carbonyl (C=O) groups is 1. The largest absolute Gasteiger partial charge is 0.495 e. The first-order valence-electron chi connectivity index (χ1n) is 8.98. The monoisotopic (exact) mass is 446 g/mol. The first-order chi connectivity index (χ1) is 14.9. The zero-order chi connectivity index (χ0) is 22.0. The molecule has 0 aliphatic carbocycles. The van der Waals surface area contributed by atoms with Crippen molar-refractivity contribution in [2.45, 2.75) is 11.4 Å². The van der Waals surface area contributed by atoms with Crippen molar-refractivity contribution in [2.75, 3.05) is 21.0 Å². The van der Waals surface area contributed by atoms with E-state index in [2.05, 4.69) is 10.1 Å². The molecule has 3 heterocycles. The number of hydrogen-bond donors (Lipinski definition) is 1. The summed E-state index contributed by atoms with van der Waals surface area (Å²) in [6.45, 7) is 0.226. The molecule has 0 bridgehead atoms. The van der Waals surface area contributed by atoms with E-state index in [1.54, 1.807) is 29.2 Å². The Morgan fingerprint density at radius 1 is 1.19 bits per heavy atom. The van der Waals surface area contributed by atoms with Crippen LogP contribution in [0.15, 0.2) is 47.6 Å². The number of carbonyl (C=O) groups excluding carboxylic acids is 1. The number of amides is 1. The summed E-state index contributed by atoms with van der Waals surface area (Å²) in [7, 11) is -1.66. The molecule has 31 heavy (non-hydrogen) atoms. The maximum Gasteiger partial charge on any atom is 0.283 e. The summed E-state index contributed by atoms with van der Waals surface area (Å²) in [5, 5.41) is 4.11. The molecule has 1 aliphatic rings. The average Bonchev–Trinajstić information content (AvgIpc) is 3.44. The number of nitrogens with one attached hydrogen (secondary N) is 1. The lowest BCUT2D eigenvalue weighted by Crippen LogP contribution is -2.31. The molecule has 0 saturated carbocycles. The second kappa shape index (κ2) is 8.14. The topological polar surface area (TPSA) is 131 Å². The minimum absolute atomic E-state index is 0.00432. The molecule has 0 spiro atoms. The molecule has 1 amide bonds. The van der Waals surface area contributed by atoms with Crippen LogP contribution >= 0.6 is 0 Å². The molecule has 0 saturated heterocycles. The van der Waals surface area contributed by atoms with E-state index in [1.165, 1.54) is 32.4 Å². The van der Waals surface area contributed by atoms with Gasteiger partial charge in [0.25, 0.3) is 15.9 Å². The number of fused-ring (bicyclic) bond motifs is 1. The number of benzene rings is 1. The van der Waals surface area contributed by atoms with E-state index in [-0.39, 0.29) is 40.5 Å². The zero-order valence-corrected chi connectivity index (χ0v) is 17.4. The summed E-state index contributed by atoms with van der Waals surface area (Å²) in [6, 6.07) is 7.73. The molecule has 4 rings (SSSR count). The first kappa shape index (κ1) is 20.5. The van der Waals surface area contributed by atoms with Gasteiger partial charge in [0.2, 0.25) is 12.7 Å². The predicted octanol–water partition coefficient (Wildman–Crippen LogP) is 1.19. The summed E-state index contributed by atoms with van der Waals surface area (Å²) >= 11 is 0. The fourth-order valence-electron chi connectivity index (χ4n) is 3.03. The molecule has 11 nitrogen and oxygen atoms in total. The SMILES string of the molecule is COc1ccc2c(c1S(=O)(=O)NC(=O)c1ccc(Cn3cccn3)c(OC)n1)OCO2. The number of sulfonamides is 1. The van der Waals surface area contributed by atoms with Gasteiger partial charge in [0.05, 0.1) is 20.8 Å². The highest BCUT2D eigenvalue weighted by molar-refractivity contribution is 7.90. The number of methoxy groups -OCH3 is 2. The lowest BCUT2D eigenvalue weighted by Gasteiger charge is -2.13. The van der Waals surface area contributed by atoms with Crippen molar-refractivity contribution in [3.63, 3.8) is 0 Å². The Hall–Kier alpha value is -3.80. The van der Waals surface area contributed by atoms with Gasteiger partial charge in [-0.1, -0.05) is 0 Å². The summed E-state index contributed by atoms with van der Waals surface area (Å²) in [5.41, 5.74) is 0.520. The van der Waals surface area contributed by atoms with Crippen molar-refractivity contribution >= 4 is 15.9 Å². The van der Waals surface area contributed by atoms with E-state index in [4.69, 9.17) is 18.9 Å². The van der Waals surface area contributed by atoms with Gasteiger partial charge in [0.1, 0.15) is 11.4 Å². The van der Waals surface area contributed by atoms with Gasteiger partial charge >= 0.3 is 0 Å². The third-order valence-electron chi connectivity index (χ3n) is 4.43. The smallest absolute Gasteiger partial charge is 0.283 e. The van der Waals surface area contributed by atoms with Crippen LogP contribution in [0.2, 0.25) is 0 Å². The maximum absolute atomic E-state index is 13.0. The van der Waals surface area contributed by atoms with E-state index >= 15 is 0 Å². The molecule has 0 radical (unpaired) electrons. The zero-order valence-electron chi connectivity index (χ0n) is 16.6. The number of pyridine rings is 1. The van der Waals surface area contributed by atoms with Crippen LogP contribution in [0.25, 0.3) is 0 Å². The van der Waals surface area contributed by atoms with Crippen molar-refractivity contribution in [1.82, 2.24) is 19.5 Å². The van der Waals surface area contributed by atoms with Crippen molar-refractivity contribution in [1.29, 1.82) is 0 Å². The number of hydrogen-bond acceptors (Lipinski definition) is 9. The van der Waals surface area contributed by atoms with Gasteiger partial charge < -0.3 is 18.9 Å². The number of nitrogens with zero attached hydrogens (tertiary/aromatic N) is 3. The van der Waals surface area contributed by atoms with Gasteiger partial charge in [-0.25, -0.2) is 18.1 Å². The molecule has 162 valence electrons. The molecule has 0 fully saturated rings. The molecule has 0 unspecified atom stereocenters. The van der Waals surface area contributed by atoms with Gasteiger partial charge in [-0.2, -0.15) is 5.10 Å². The minimum Gasteiger partial charge on any atom is -0.495 e. The fraction of sp³-hybridized carbons (Fsp3) is 0.211. The van der Waals surface area contributed by atoms with Crippen LogP contribution in [0.4, 0.5) is 0 Å². The highest BCUT2D eigenvalue weighted by Gasteiger charge is 2.33. The molecule has 12 heteroatoms.